The van der Waals surface area contributed by atoms with Crippen LogP contribution in [-0.2, 0) is 5.54 Å². The van der Waals surface area contributed by atoms with Crippen molar-refractivity contribution in [3.05, 3.63) is 51.1 Å². The van der Waals surface area contributed by atoms with E-state index in [9.17, 15) is 4.79 Å². The van der Waals surface area contributed by atoms with Crippen LogP contribution >= 0.6 is 0 Å². The van der Waals surface area contributed by atoms with E-state index in [0.717, 1.165) is 36.2 Å². The van der Waals surface area contributed by atoms with Gasteiger partial charge in [0.1, 0.15) is 6.04 Å². The average Bonchev–Trinajstić information content (AvgIpc) is 3.14. The molecule has 0 unspecified atom stereocenters. The van der Waals surface area contributed by atoms with Crippen LogP contribution in [0.5, 0.6) is 0 Å². The van der Waals surface area contributed by atoms with Crippen molar-refractivity contribution in [1.82, 2.24) is 30.1 Å². The third kappa shape index (κ3) is 3.78. The van der Waals surface area contributed by atoms with Crippen molar-refractivity contribution in [3.63, 3.8) is 0 Å². The van der Waals surface area contributed by atoms with Gasteiger partial charge in [-0.15, -0.1) is 5.10 Å². The van der Waals surface area contributed by atoms with Crippen molar-refractivity contribution in [3.8, 4) is 0 Å². The summed E-state index contributed by atoms with van der Waals surface area (Å²) in [4.78, 5) is 18.8. The molecule has 2 atom stereocenters. The Balaban J connectivity index is 1.92. The second-order valence-electron chi connectivity index (χ2n) is 9.84. The molecule has 0 radical (unpaired) electrons. The van der Waals surface area contributed by atoms with Gasteiger partial charge in [-0.2, -0.15) is 0 Å². The molecule has 7 heteroatoms. The summed E-state index contributed by atoms with van der Waals surface area (Å²) in [5, 5.41) is 13.7. The monoisotopic (exact) mass is 408 g/mol. The zero-order valence-electron chi connectivity index (χ0n) is 18.9. The van der Waals surface area contributed by atoms with E-state index in [-0.39, 0.29) is 17.1 Å². The first-order chi connectivity index (χ1) is 14.1. The molecule has 1 fully saturated rings. The number of tetrazole rings is 1. The average molecular weight is 409 g/mol. The highest BCUT2D eigenvalue weighted by Crippen LogP contribution is 2.32. The highest BCUT2D eigenvalue weighted by molar-refractivity contribution is 5.81. The van der Waals surface area contributed by atoms with Crippen LogP contribution in [0.15, 0.2) is 23.0 Å². The number of benzene rings is 1. The van der Waals surface area contributed by atoms with Crippen LogP contribution in [0.2, 0.25) is 0 Å². The third-order valence-corrected chi connectivity index (χ3v) is 6.21. The topological polar surface area (TPSA) is 79.7 Å². The number of nitrogens with zero attached hydrogens (tertiary/aromatic N) is 5. The number of hydrogen-bond acceptors (Lipinski definition) is 5. The first kappa shape index (κ1) is 20.7. The van der Waals surface area contributed by atoms with Crippen molar-refractivity contribution in [2.24, 2.45) is 5.92 Å². The van der Waals surface area contributed by atoms with Crippen molar-refractivity contribution < 1.29 is 0 Å². The molecule has 0 amide bonds. The Morgan fingerprint density at radius 1 is 1.17 bits per heavy atom. The Hall–Kier alpha value is -2.54. The van der Waals surface area contributed by atoms with Crippen LogP contribution < -0.4 is 5.56 Å². The maximum absolute atomic E-state index is 13.3. The number of rotatable bonds is 3. The predicted molar refractivity (Wildman–Crippen MR) is 119 cm³/mol. The summed E-state index contributed by atoms with van der Waals surface area (Å²) in [6.45, 7) is 14.5. The van der Waals surface area contributed by atoms with Gasteiger partial charge in [0, 0.05) is 17.6 Å². The first-order valence-corrected chi connectivity index (χ1v) is 10.8. The quantitative estimate of drug-likeness (QED) is 0.715. The Morgan fingerprint density at radius 2 is 1.90 bits per heavy atom. The number of aromatic nitrogens is 5. The maximum atomic E-state index is 13.3. The van der Waals surface area contributed by atoms with E-state index >= 15 is 0 Å². The Kier molecular flexibility index (Phi) is 5.26. The van der Waals surface area contributed by atoms with Gasteiger partial charge in [0.05, 0.1) is 5.54 Å². The summed E-state index contributed by atoms with van der Waals surface area (Å²) in [6, 6.07) is 5.95. The Labute approximate surface area is 177 Å². The molecular formula is C23H32N6O. The summed E-state index contributed by atoms with van der Waals surface area (Å²) in [7, 11) is 0. The number of fused-ring (bicyclic) bond motifs is 1. The lowest BCUT2D eigenvalue weighted by Crippen LogP contribution is -2.42. The van der Waals surface area contributed by atoms with Gasteiger partial charge < -0.3 is 4.98 Å². The molecule has 1 saturated heterocycles. The fourth-order valence-electron chi connectivity index (χ4n) is 4.50. The van der Waals surface area contributed by atoms with Crippen molar-refractivity contribution in [2.45, 2.75) is 66.0 Å². The number of H-pyrrole nitrogens is 1. The molecule has 7 nitrogen and oxygen atoms in total. The molecule has 30 heavy (non-hydrogen) atoms. The van der Waals surface area contributed by atoms with Gasteiger partial charge in [0.15, 0.2) is 5.82 Å². The summed E-state index contributed by atoms with van der Waals surface area (Å²) >= 11 is 0. The van der Waals surface area contributed by atoms with Gasteiger partial charge in [-0.05, 0) is 105 Å². The van der Waals surface area contributed by atoms with Gasteiger partial charge in [-0.25, -0.2) is 4.68 Å². The van der Waals surface area contributed by atoms with Crippen molar-refractivity contribution >= 4 is 10.9 Å². The van der Waals surface area contributed by atoms with Gasteiger partial charge in [0.2, 0.25) is 0 Å². The minimum atomic E-state index is -0.282. The van der Waals surface area contributed by atoms with Crippen LogP contribution in [0.3, 0.4) is 0 Å². The smallest absolute Gasteiger partial charge is 0.253 e. The molecule has 0 spiro atoms. The number of pyridine rings is 1. The number of aryl methyl sites for hydroxylation is 2. The molecule has 1 aliphatic heterocycles. The molecule has 1 N–H and O–H groups in total. The van der Waals surface area contributed by atoms with E-state index in [1.54, 1.807) is 0 Å². The number of piperidine rings is 1. The zero-order valence-corrected chi connectivity index (χ0v) is 18.9. The lowest BCUT2D eigenvalue weighted by molar-refractivity contribution is 0.137. The van der Waals surface area contributed by atoms with E-state index in [1.807, 2.05) is 16.8 Å². The second-order valence-corrected chi connectivity index (χ2v) is 9.84. The fraction of sp³-hybridized carbons (Fsp3) is 0.565. The largest absolute Gasteiger partial charge is 0.322 e. The molecule has 160 valence electrons. The third-order valence-electron chi connectivity index (χ3n) is 6.21. The lowest BCUT2D eigenvalue weighted by Gasteiger charge is -2.37. The highest BCUT2D eigenvalue weighted by Gasteiger charge is 2.35. The zero-order chi connectivity index (χ0) is 21.6. The Bertz CT molecular complexity index is 1120. The number of nitrogens with one attached hydrogen (secondary N) is 1. The predicted octanol–water partition coefficient (Wildman–Crippen LogP) is 3.71. The van der Waals surface area contributed by atoms with E-state index in [0.29, 0.717) is 11.5 Å². The van der Waals surface area contributed by atoms with Crippen molar-refractivity contribution in [1.29, 1.82) is 0 Å². The molecule has 0 saturated carbocycles. The van der Waals surface area contributed by atoms with Crippen LogP contribution in [-0.4, -0.2) is 43.2 Å². The van der Waals surface area contributed by atoms with E-state index in [2.05, 4.69) is 73.0 Å². The molecule has 2 aromatic heterocycles. The second kappa shape index (κ2) is 7.61. The minimum Gasteiger partial charge on any atom is -0.322 e. The van der Waals surface area contributed by atoms with E-state index in [1.165, 1.54) is 17.5 Å². The molecule has 4 rings (SSSR count). The molecule has 0 aliphatic carbocycles. The summed E-state index contributed by atoms with van der Waals surface area (Å²) in [5.74, 6) is 1.30. The number of hydrogen-bond donors (Lipinski definition) is 1. The van der Waals surface area contributed by atoms with Crippen LogP contribution in [0.1, 0.15) is 69.1 Å². The molecule has 0 bridgehead atoms. The van der Waals surface area contributed by atoms with Gasteiger partial charge in [-0.3, -0.25) is 9.69 Å². The molecule has 3 heterocycles. The molecular weight excluding hydrogens is 376 g/mol. The van der Waals surface area contributed by atoms with Crippen LogP contribution in [0.25, 0.3) is 10.9 Å². The standard InChI is InChI=1S/C23H32N6O/c1-14-8-7-9-28(13-14)20(21-25-26-27-29(21)23(4,5)6)18-12-17-10-15(2)16(3)11-19(17)24-22(18)30/h10-12,14,20H,7-9,13H2,1-6H3,(H,24,30)/t14-,20+/m1/s1. The maximum Gasteiger partial charge on any atom is 0.253 e. The van der Waals surface area contributed by atoms with E-state index < -0.39 is 0 Å². The lowest BCUT2D eigenvalue weighted by atomic mass is 9.95. The Morgan fingerprint density at radius 3 is 2.60 bits per heavy atom. The minimum absolute atomic E-state index is 0.0718. The van der Waals surface area contributed by atoms with Gasteiger partial charge >= 0.3 is 0 Å². The van der Waals surface area contributed by atoms with Crippen LogP contribution in [0.4, 0.5) is 0 Å². The number of likely N-dealkylation sites (tertiary alicyclic amines) is 1. The van der Waals surface area contributed by atoms with E-state index in [4.69, 9.17) is 0 Å². The van der Waals surface area contributed by atoms with Gasteiger partial charge in [0.25, 0.3) is 5.56 Å². The SMILES string of the molecule is Cc1cc2cc([C@@H](c3nnnn3C(C)(C)C)N3CCC[C@@H](C)C3)c(=O)[nH]c2cc1C. The summed E-state index contributed by atoms with van der Waals surface area (Å²) in [6.07, 6.45) is 2.32. The van der Waals surface area contributed by atoms with Crippen molar-refractivity contribution in [2.75, 3.05) is 13.1 Å². The fourth-order valence-corrected chi connectivity index (χ4v) is 4.50. The molecule has 1 aliphatic rings. The normalized spacial score (nSPS) is 19.3. The van der Waals surface area contributed by atoms with Gasteiger partial charge in [-0.1, -0.05) is 6.92 Å². The van der Waals surface area contributed by atoms with Crippen LogP contribution in [0, 0.1) is 19.8 Å². The summed E-state index contributed by atoms with van der Waals surface area (Å²) < 4.78 is 1.86. The summed E-state index contributed by atoms with van der Waals surface area (Å²) in [5.41, 5.74) is 3.60. The highest BCUT2D eigenvalue weighted by atomic mass is 16.1. The molecule has 1 aromatic carbocycles. The molecule has 3 aromatic rings. The first-order valence-electron chi connectivity index (χ1n) is 10.8. The number of aromatic amines is 1.